The van der Waals surface area contributed by atoms with Crippen LogP contribution in [0.25, 0.3) is 0 Å². The number of rotatable bonds is 4. The van der Waals surface area contributed by atoms with Gasteiger partial charge in [-0.3, -0.25) is 9.48 Å². The van der Waals surface area contributed by atoms with Crippen molar-refractivity contribution in [1.29, 1.82) is 0 Å². The fourth-order valence-corrected chi connectivity index (χ4v) is 3.14. The molecule has 2 heterocycles. The predicted molar refractivity (Wildman–Crippen MR) is 103 cm³/mol. The molecule has 7 nitrogen and oxygen atoms in total. The van der Waals surface area contributed by atoms with Crippen molar-refractivity contribution < 1.29 is 19.1 Å². The van der Waals surface area contributed by atoms with E-state index in [9.17, 15) is 9.59 Å². The van der Waals surface area contributed by atoms with Gasteiger partial charge in [0.15, 0.2) is 0 Å². The summed E-state index contributed by atoms with van der Waals surface area (Å²) in [5, 5.41) is 6.74. The van der Waals surface area contributed by atoms with Crippen molar-refractivity contribution in [2.24, 2.45) is 7.05 Å². The summed E-state index contributed by atoms with van der Waals surface area (Å²) in [6.07, 6.45) is 2.45. The Morgan fingerprint density at radius 3 is 2.57 bits per heavy atom. The van der Waals surface area contributed by atoms with Crippen LogP contribution in [-0.4, -0.2) is 27.8 Å². The molecule has 1 aliphatic heterocycles. The van der Waals surface area contributed by atoms with E-state index in [0.717, 1.165) is 5.56 Å². The second-order valence-electron chi connectivity index (χ2n) is 6.67. The maximum absolute atomic E-state index is 12.5. The lowest BCUT2D eigenvalue weighted by molar-refractivity contribution is -0.142. The molecule has 0 bridgehead atoms. The van der Waals surface area contributed by atoms with Crippen LogP contribution < -0.4 is 14.8 Å². The summed E-state index contributed by atoms with van der Waals surface area (Å²) < 4.78 is 12.8. The molecule has 142 valence electrons. The minimum atomic E-state index is -0.678. The average molecular weight is 377 g/mol. The number of hydrogen-bond acceptors (Lipinski definition) is 5. The Bertz CT molecular complexity index is 1030. The van der Waals surface area contributed by atoms with Gasteiger partial charge in [0.05, 0.1) is 11.8 Å². The largest absolute Gasteiger partial charge is 0.478 e. The third-order valence-corrected chi connectivity index (χ3v) is 4.65. The van der Waals surface area contributed by atoms with E-state index in [4.69, 9.17) is 9.47 Å². The van der Waals surface area contributed by atoms with Crippen LogP contribution in [0.5, 0.6) is 11.5 Å². The van der Waals surface area contributed by atoms with Crippen LogP contribution in [-0.2, 0) is 11.8 Å². The highest BCUT2D eigenvalue weighted by Gasteiger charge is 2.37. The van der Waals surface area contributed by atoms with Crippen molar-refractivity contribution in [2.45, 2.75) is 18.9 Å². The molecule has 3 aromatic rings. The van der Waals surface area contributed by atoms with Crippen molar-refractivity contribution in [3.63, 3.8) is 0 Å². The number of esters is 1. The van der Waals surface area contributed by atoms with Gasteiger partial charge in [0, 0.05) is 30.4 Å². The predicted octanol–water partition coefficient (Wildman–Crippen LogP) is 3.14. The standard InChI is InChI=1S/C21H19N3O4/c1-13-17-5-3-4-6-18(17)28-19(13)21(26)27-16-9-7-15(8-10-16)23-20(25)14-11-22-24(2)12-14/h3-13,19H,1-2H3,(H,23,25). The van der Waals surface area contributed by atoms with Gasteiger partial charge < -0.3 is 14.8 Å². The molecule has 1 amide bonds. The van der Waals surface area contributed by atoms with Crippen LogP contribution in [0.2, 0.25) is 0 Å². The highest BCUT2D eigenvalue weighted by Crippen LogP contribution is 2.38. The van der Waals surface area contributed by atoms with Gasteiger partial charge >= 0.3 is 5.97 Å². The number of carbonyl (C=O) groups excluding carboxylic acids is 2. The maximum Gasteiger partial charge on any atom is 0.353 e. The molecule has 1 aliphatic rings. The number of carbonyl (C=O) groups is 2. The normalized spacial score (nSPS) is 17.5. The van der Waals surface area contributed by atoms with Gasteiger partial charge in [0.2, 0.25) is 6.10 Å². The number of nitrogens with one attached hydrogen (secondary N) is 1. The number of benzene rings is 2. The zero-order valence-electron chi connectivity index (χ0n) is 15.5. The Morgan fingerprint density at radius 1 is 1.14 bits per heavy atom. The molecule has 4 rings (SSSR count). The van der Waals surface area contributed by atoms with Crippen molar-refractivity contribution >= 4 is 17.6 Å². The molecular weight excluding hydrogens is 358 g/mol. The Morgan fingerprint density at radius 2 is 1.89 bits per heavy atom. The summed E-state index contributed by atoms with van der Waals surface area (Å²) in [6.45, 7) is 1.94. The van der Waals surface area contributed by atoms with Crippen molar-refractivity contribution in [3.8, 4) is 11.5 Å². The number of amides is 1. The van der Waals surface area contributed by atoms with Crippen molar-refractivity contribution in [2.75, 3.05) is 5.32 Å². The first-order valence-electron chi connectivity index (χ1n) is 8.88. The van der Waals surface area contributed by atoms with E-state index in [1.807, 2.05) is 31.2 Å². The van der Waals surface area contributed by atoms with Crippen molar-refractivity contribution in [1.82, 2.24) is 9.78 Å². The summed E-state index contributed by atoms with van der Waals surface area (Å²) in [5.41, 5.74) is 2.05. The fraction of sp³-hybridized carbons (Fsp3) is 0.190. The third kappa shape index (κ3) is 3.46. The SMILES string of the molecule is CC1c2ccccc2OC1C(=O)Oc1ccc(NC(=O)c2cnn(C)c2)cc1. The number of aryl methyl sites for hydroxylation is 1. The first-order chi connectivity index (χ1) is 13.5. The molecule has 0 spiro atoms. The number of ether oxygens (including phenoxy) is 2. The number of hydrogen-bond donors (Lipinski definition) is 1. The molecule has 0 aliphatic carbocycles. The number of nitrogens with zero attached hydrogens (tertiary/aromatic N) is 2. The van der Waals surface area contributed by atoms with Gasteiger partial charge in [-0.25, -0.2) is 4.79 Å². The van der Waals surface area contributed by atoms with E-state index >= 15 is 0 Å². The van der Waals surface area contributed by atoms with Gasteiger partial charge in [-0.2, -0.15) is 5.10 Å². The van der Waals surface area contributed by atoms with E-state index in [0.29, 0.717) is 22.7 Å². The molecular formula is C21H19N3O4. The van der Waals surface area contributed by atoms with E-state index in [1.165, 1.54) is 6.20 Å². The van der Waals surface area contributed by atoms with Crippen molar-refractivity contribution in [3.05, 3.63) is 72.1 Å². The second-order valence-corrected chi connectivity index (χ2v) is 6.67. The highest BCUT2D eigenvalue weighted by molar-refractivity contribution is 6.03. The average Bonchev–Trinajstić information content (AvgIpc) is 3.27. The van der Waals surface area contributed by atoms with Gasteiger partial charge in [-0.05, 0) is 30.3 Å². The van der Waals surface area contributed by atoms with Gasteiger partial charge in [-0.1, -0.05) is 25.1 Å². The van der Waals surface area contributed by atoms with Crippen LogP contribution >= 0.6 is 0 Å². The molecule has 2 atom stereocenters. The summed E-state index contributed by atoms with van der Waals surface area (Å²) in [7, 11) is 1.74. The minimum Gasteiger partial charge on any atom is -0.478 e. The monoisotopic (exact) mass is 377 g/mol. The van der Waals surface area contributed by atoms with Gasteiger partial charge in [0.25, 0.3) is 5.91 Å². The number of aromatic nitrogens is 2. The van der Waals surface area contributed by atoms with E-state index in [2.05, 4.69) is 10.4 Å². The Kier molecular flexibility index (Phi) is 4.57. The zero-order valence-corrected chi connectivity index (χ0v) is 15.5. The Hall–Kier alpha value is -3.61. The third-order valence-electron chi connectivity index (χ3n) is 4.65. The Labute approximate surface area is 161 Å². The first kappa shape index (κ1) is 17.8. The molecule has 0 saturated heterocycles. The lowest BCUT2D eigenvalue weighted by Gasteiger charge is -2.14. The molecule has 1 N–H and O–H groups in total. The highest BCUT2D eigenvalue weighted by atomic mass is 16.6. The summed E-state index contributed by atoms with van der Waals surface area (Å²) in [5.74, 6) is 0.308. The summed E-state index contributed by atoms with van der Waals surface area (Å²) in [6, 6.07) is 14.2. The minimum absolute atomic E-state index is 0.0817. The van der Waals surface area contributed by atoms with E-state index < -0.39 is 12.1 Å². The zero-order chi connectivity index (χ0) is 19.7. The van der Waals surface area contributed by atoms with Crippen LogP contribution in [0.4, 0.5) is 5.69 Å². The smallest absolute Gasteiger partial charge is 0.353 e. The summed E-state index contributed by atoms with van der Waals surface area (Å²) >= 11 is 0. The number of para-hydroxylation sites is 1. The lowest BCUT2D eigenvalue weighted by Crippen LogP contribution is -2.32. The van der Waals surface area contributed by atoms with Crippen LogP contribution in [0.3, 0.4) is 0 Å². The molecule has 28 heavy (non-hydrogen) atoms. The second kappa shape index (κ2) is 7.19. The van der Waals surface area contributed by atoms with E-state index in [1.54, 1.807) is 42.2 Å². The fourth-order valence-electron chi connectivity index (χ4n) is 3.14. The molecule has 0 radical (unpaired) electrons. The lowest BCUT2D eigenvalue weighted by atomic mass is 9.98. The van der Waals surface area contributed by atoms with Crippen LogP contribution in [0.15, 0.2) is 60.9 Å². The van der Waals surface area contributed by atoms with E-state index in [-0.39, 0.29) is 11.8 Å². The van der Waals surface area contributed by atoms with Crippen LogP contribution in [0.1, 0.15) is 28.8 Å². The maximum atomic E-state index is 12.5. The Balaban J connectivity index is 1.38. The molecule has 0 fully saturated rings. The molecule has 2 aromatic carbocycles. The molecule has 0 saturated carbocycles. The number of anilines is 1. The molecule has 7 heteroatoms. The topological polar surface area (TPSA) is 82.4 Å². The van der Waals surface area contributed by atoms with Gasteiger partial charge in [0.1, 0.15) is 11.5 Å². The van der Waals surface area contributed by atoms with Crippen LogP contribution in [0, 0.1) is 0 Å². The summed E-state index contributed by atoms with van der Waals surface area (Å²) in [4.78, 5) is 24.7. The number of fused-ring (bicyclic) bond motifs is 1. The quantitative estimate of drug-likeness (QED) is 0.558. The van der Waals surface area contributed by atoms with Gasteiger partial charge in [-0.15, -0.1) is 0 Å². The molecule has 2 unspecified atom stereocenters. The molecule has 1 aromatic heterocycles. The first-order valence-corrected chi connectivity index (χ1v) is 8.88.